The summed E-state index contributed by atoms with van der Waals surface area (Å²) in [5.41, 5.74) is 0.427. The number of hydrogen-bond acceptors (Lipinski definition) is 2. The molecule has 0 bridgehead atoms. The van der Waals surface area contributed by atoms with Gasteiger partial charge in [-0.15, -0.1) is 0 Å². The van der Waals surface area contributed by atoms with E-state index in [0.717, 1.165) is 12.8 Å². The Labute approximate surface area is 144 Å². The first-order valence-electron chi connectivity index (χ1n) is 8.54. The maximum atomic E-state index is 14.0. The number of nitrogens with one attached hydrogen (secondary N) is 2. The van der Waals surface area contributed by atoms with E-state index in [4.69, 9.17) is 0 Å². The van der Waals surface area contributed by atoms with E-state index in [-0.39, 0.29) is 53.4 Å². The van der Waals surface area contributed by atoms with Gasteiger partial charge in [0.1, 0.15) is 11.3 Å². The molecule has 1 fully saturated rings. The van der Waals surface area contributed by atoms with E-state index < -0.39 is 11.6 Å². The largest absolute Gasteiger partial charge is 0.348 e. The molecule has 24 heavy (non-hydrogen) atoms. The maximum Gasteiger partial charge on any atom is 0.267 e. The molecule has 130 valence electrons. The number of aromatic amines is 1. The van der Waals surface area contributed by atoms with Crippen molar-refractivity contribution in [2.24, 2.45) is 0 Å². The van der Waals surface area contributed by atoms with Gasteiger partial charge in [-0.05, 0) is 30.5 Å². The molecule has 2 aromatic rings. The van der Waals surface area contributed by atoms with Crippen LogP contribution in [0.3, 0.4) is 0 Å². The Balaban J connectivity index is 1.79. The molecule has 0 unspecified atom stereocenters. The summed E-state index contributed by atoms with van der Waals surface area (Å²) in [5.74, 6) is -2.18. The van der Waals surface area contributed by atoms with Crippen LogP contribution in [0, 0.1) is 18.6 Å². The molecule has 0 saturated heterocycles. The zero-order valence-corrected chi connectivity index (χ0v) is 17.1. The van der Waals surface area contributed by atoms with Crippen LogP contribution < -0.4 is 5.32 Å². The first kappa shape index (κ1) is 17.3. The third-order valence-corrected chi connectivity index (χ3v) is 12.9. The Hall–Kier alpha value is -1.55. The molecule has 2 aromatic heterocycles. The van der Waals surface area contributed by atoms with Gasteiger partial charge in [0.15, 0.2) is 11.6 Å². The summed E-state index contributed by atoms with van der Waals surface area (Å²) in [6, 6.07) is 1.54. The van der Waals surface area contributed by atoms with Crippen LogP contribution in [-0.2, 0) is 0 Å². The van der Waals surface area contributed by atoms with Crippen LogP contribution in [0.15, 0.2) is 6.07 Å². The van der Waals surface area contributed by atoms with Crippen LogP contribution in [0.2, 0.25) is 17.8 Å². The minimum atomic E-state index is -0.963. The van der Waals surface area contributed by atoms with Gasteiger partial charge in [0, 0.05) is 25.1 Å². The maximum absolute atomic E-state index is 14.0. The predicted octanol–water partition coefficient (Wildman–Crippen LogP) is 1.98. The van der Waals surface area contributed by atoms with Crippen molar-refractivity contribution in [2.45, 2.75) is 50.0 Å². The lowest BCUT2D eigenvalue weighted by Gasteiger charge is -2.25. The van der Waals surface area contributed by atoms with Gasteiger partial charge in [0.2, 0.25) is 0 Å². The zero-order chi connectivity index (χ0) is 17.5. The van der Waals surface area contributed by atoms with Gasteiger partial charge < -0.3 is 10.3 Å². The molecule has 1 atom stereocenters. The first-order chi connectivity index (χ1) is 11.4. The average Bonchev–Trinajstić information content (AvgIpc) is 3.17. The number of aryl methyl sites for hydroxylation is 1. The van der Waals surface area contributed by atoms with Gasteiger partial charge in [-0.2, -0.15) is 0 Å². The lowest BCUT2D eigenvalue weighted by atomic mass is 10.2. The highest BCUT2D eigenvalue weighted by molar-refractivity contribution is 6.60. The monoisotopic (exact) mass is 367 g/mol. The fraction of sp³-hybridized carbons (Fsp3) is 0.500. The molecule has 1 aliphatic rings. The summed E-state index contributed by atoms with van der Waals surface area (Å²) >= 11 is 0. The number of carbonyl (C=O) groups is 1. The summed E-state index contributed by atoms with van der Waals surface area (Å²) in [5, 5.41) is 3.08. The van der Waals surface area contributed by atoms with Crippen molar-refractivity contribution < 1.29 is 13.6 Å². The number of rotatable bonds is 4. The third kappa shape index (κ3) is 2.92. The van der Waals surface area contributed by atoms with Crippen molar-refractivity contribution in [1.29, 1.82) is 0 Å². The molecule has 0 radical (unpaired) electrons. The highest BCUT2D eigenvalue weighted by Gasteiger charge is 2.37. The molecule has 0 aromatic carbocycles. The normalized spacial score (nSPS) is 24.8. The highest BCUT2D eigenvalue weighted by Crippen LogP contribution is 2.43. The second kappa shape index (κ2) is 6.40. The Morgan fingerprint density at radius 1 is 1.38 bits per heavy atom. The molecule has 1 amide bonds. The van der Waals surface area contributed by atoms with Crippen molar-refractivity contribution >= 4 is 36.0 Å². The minimum absolute atomic E-state index is 0.0183. The Morgan fingerprint density at radius 2 is 2.08 bits per heavy atom. The van der Waals surface area contributed by atoms with Crippen molar-refractivity contribution in [3.8, 4) is 0 Å². The molecular weight excluding hydrogens is 344 g/mol. The predicted molar refractivity (Wildman–Crippen MR) is 97.4 cm³/mol. The standard InChI is InChI=1S/C16H23F2N3OSi2/c1-8-12(17)13(18)10-6-11(21-14(10)19-8)15(22)20-9-4-5-16(7-9,23-2)24-3/h6,9H,4-5,7,23-24H2,1-3H3,(H,19,21)(H,20,22)/t9-/m0/s1. The third-order valence-electron chi connectivity index (χ3n) is 5.61. The summed E-state index contributed by atoms with van der Waals surface area (Å²) in [6.07, 6.45) is 3.34. The molecule has 8 heteroatoms. The molecular formula is C16H23F2N3OSi2. The topological polar surface area (TPSA) is 57.8 Å². The molecule has 0 spiro atoms. The van der Waals surface area contributed by atoms with E-state index >= 15 is 0 Å². The number of aromatic nitrogens is 2. The Morgan fingerprint density at radius 3 is 2.71 bits per heavy atom. The van der Waals surface area contributed by atoms with Crippen molar-refractivity contribution in [1.82, 2.24) is 15.3 Å². The molecule has 0 aliphatic heterocycles. The zero-order valence-electron chi connectivity index (χ0n) is 14.3. The van der Waals surface area contributed by atoms with Crippen LogP contribution in [0.25, 0.3) is 11.0 Å². The molecule has 4 nitrogen and oxygen atoms in total. The molecule has 1 saturated carbocycles. The number of carbonyl (C=O) groups excluding carboxylic acids is 1. The Kier molecular flexibility index (Phi) is 4.61. The van der Waals surface area contributed by atoms with E-state index in [1.165, 1.54) is 19.4 Å². The van der Waals surface area contributed by atoms with E-state index in [1.54, 1.807) is 0 Å². The second-order valence-corrected chi connectivity index (χ2v) is 12.3. The van der Waals surface area contributed by atoms with Crippen LogP contribution >= 0.6 is 0 Å². The number of pyridine rings is 1. The number of nitrogens with zero attached hydrogens (tertiary/aromatic N) is 1. The summed E-state index contributed by atoms with van der Waals surface area (Å²) in [4.78, 5) is 19.3. The van der Waals surface area contributed by atoms with Crippen molar-refractivity contribution in [2.75, 3.05) is 0 Å². The fourth-order valence-corrected chi connectivity index (χ4v) is 8.19. The molecule has 3 rings (SSSR count). The lowest BCUT2D eigenvalue weighted by Crippen LogP contribution is -2.34. The number of fused-ring (bicyclic) bond motifs is 1. The van der Waals surface area contributed by atoms with Gasteiger partial charge in [-0.3, -0.25) is 4.79 Å². The van der Waals surface area contributed by atoms with Gasteiger partial charge in [-0.25, -0.2) is 13.8 Å². The van der Waals surface area contributed by atoms with E-state index in [9.17, 15) is 13.6 Å². The summed E-state index contributed by atoms with van der Waals surface area (Å²) in [6.45, 7) is 6.13. The van der Waals surface area contributed by atoms with Crippen LogP contribution in [0.1, 0.15) is 35.4 Å². The Bertz CT molecular complexity index is 789. The lowest BCUT2D eigenvalue weighted by molar-refractivity contribution is 0.0933. The minimum Gasteiger partial charge on any atom is -0.348 e. The highest BCUT2D eigenvalue weighted by atomic mass is 28.3. The summed E-state index contributed by atoms with van der Waals surface area (Å²) in [7, 11) is -0.156. The number of halogens is 2. The van der Waals surface area contributed by atoms with Crippen LogP contribution in [-0.4, -0.2) is 41.0 Å². The fourth-order valence-electron chi connectivity index (χ4n) is 3.80. The van der Waals surface area contributed by atoms with Gasteiger partial charge in [-0.1, -0.05) is 19.5 Å². The molecule has 1 aliphatic carbocycles. The summed E-state index contributed by atoms with van der Waals surface area (Å²) < 4.78 is 28.2. The van der Waals surface area contributed by atoms with Crippen LogP contribution in [0.5, 0.6) is 0 Å². The number of amides is 1. The van der Waals surface area contributed by atoms with E-state index in [1.807, 2.05) is 0 Å². The molecule has 2 heterocycles. The number of H-pyrrole nitrogens is 1. The SMILES string of the molecule is C[SiH2]C1([SiH2]C)CC[C@H](NC(=O)c2cc3c(F)c(F)c(C)nc3[nH]2)C1. The van der Waals surface area contributed by atoms with E-state index in [0.29, 0.717) is 4.66 Å². The average molecular weight is 368 g/mol. The van der Waals surface area contributed by atoms with Gasteiger partial charge >= 0.3 is 0 Å². The number of hydrogen-bond donors (Lipinski definition) is 2. The van der Waals surface area contributed by atoms with Crippen molar-refractivity contribution in [3.63, 3.8) is 0 Å². The van der Waals surface area contributed by atoms with Gasteiger partial charge in [0.25, 0.3) is 5.91 Å². The molecule has 2 N–H and O–H groups in total. The van der Waals surface area contributed by atoms with E-state index in [2.05, 4.69) is 28.4 Å². The second-order valence-electron chi connectivity index (χ2n) is 6.89. The van der Waals surface area contributed by atoms with Crippen LogP contribution in [0.4, 0.5) is 8.78 Å². The quantitative estimate of drug-likeness (QED) is 0.812. The van der Waals surface area contributed by atoms with Gasteiger partial charge in [0.05, 0.1) is 11.1 Å². The van der Waals surface area contributed by atoms with Crippen molar-refractivity contribution in [3.05, 3.63) is 29.1 Å². The first-order valence-corrected chi connectivity index (χ1v) is 12.8. The smallest absolute Gasteiger partial charge is 0.267 e.